The Bertz CT molecular complexity index is 2880. The van der Waals surface area contributed by atoms with Crippen LogP contribution in [0.5, 0.6) is 23.0 Å². The molecule has 7 aromatic carbocycles. The summed E-state index contributed by atoms with van der Waals surface area (Å²) in [5.41, 5.74) is 12.0. The Morgan fingerprint density at radius 3 is 1.95 bits per heavy atom. The standard InChI is InChI=1S/C61H60O5/c1-7-8-9-10-40-12-14-41(15-13-40)42-20-27-50(28-21-42)65-59(62)44-18-16-43(17-19-44)45-22-34-55-54(38-45)56-51-33-11-39(2)37-53(51)58-52(57(56)60(55,3)4)35-36-61(66-58,46-23-29-48(63-5)30-24-46)47-25-31-49(64-6)32-26-47/h11,16-38,40-41H,7-10,12-15H2,1-6H3. The Hall–Kier alpha value is -6.59. The largest absolute Gasteiger partial charge is 0.497 e. The van der Waals surface area contributed by atoms with Crippen LogP contribution in [-0.2, 0) is 11.0 Å². The molecule has 0 radical (unpaired) electrons. The van der Waals surface area contributed by atoms with Crippen molar-refractivity contribution in [3.8, 4) is 45.3 Å². The number of ether oxygens (including phenoxy) is 4. The van der Waals surface area contributed by atoms with Crippen LogP contribution >= 0.6 is 0 Å². The molecule has 1 aliphatic heterocycles. The molecule has 2 aliphatic carbocycles. The van der Waals surface area contributed by atoms with Crippen LogP contribution in [0.25, 0.3) is 39.1 Å². The van der Waals surface area contributed by atoms with E-state index >= 15 is 0 Å². The van der Waals surface area contributed by atoms with Crippen molar-refractivity contribution in [2.24, 2.45) is 5.92 Å². The van der Waals surface area contributed by atoms with Crippen molar-refractivity contribution in [3.05, 3.63) is 184 Å². The van der Waals surface area contributed by atoms with Crippen molar-refractivity contribution in [1.82, 2.24) is 0 Å². The number of hydrogen-bond donors (Lipinski definition) is 0. The van der Waals surface area contributed by atoms with Gasteiger partial charge in [0.05, 0.1) is 19.8 Å². The molecule has 0 atom stereocenters. The van der Waals surface area contributed by atoms with Crippen LogP contribution in [0, 0.1) is 12.8 Å². The van der Waals surface area contributed by atoms with Gasteiger partial charge in [0.2, 0.25) is 0 Å². The highest BCUT2D eigenvalue weighted by atomic mass is 16.5. The maximum atomic E-state index is 13.4. The van der Waals surface area contributed by atoms with Gasteiger partial charge in [0, 0.05) is 27.5 Å². The Morgan fingerprint density at radius 1 is 0.682 bits per heavy atom. The first-order chi connectivity index (χ1) is 32.1. The van der Waals surface area contributed by atoms with E-state index in [9.17, 15) is 4.79 Å². The average molecular weight is 873 g/mol. The van der Waals surface area contributed by atoms with Crippen LogP contribution in [0.15, 0.2) is 140 Å². The molecular weight excluding hydrogens is 813 g/mol. The van der Waals surface area contributed by atoms with Crippen molar-refractivity contribution < 1.29 is 23.7 Å². The predicted molar refractivity (Wildman–Crippen MR) is 268 cm³/mol. The van der Waals surface area contributed by atoms with E-state index in [1.807, 2.05) is 60.7 Å². The second-order valence-corrected chi connectivity index (χ2v) is 19.3. The molecular formula is C61H60O5. The molecule has 0 spiro atoms. The molecule has 5 nitrogen and oxygen atoms in total. The van der Waals surface area contributed by atoms with Crippen LogP contribution in [0.4, 0.5) is 0 Å². The van der Waals surface area contributed by atoms with Gasteiger partial charge >= 0.3 is 5.97 Å². The fraction of sp³-hybridized carbons (Fsp3) is 0.295. The Balaban J connectivity index is 0.942. The number of methoxy groups -OCH3 is 2. The molecule has 0 aromatic heterocycles. The second-order valence-electron chi connectivity index (χ2n) is 19.3. The van der Waals surface area contributed by atoms with Gasteiger partial charge < -0.3 is 18.9 Å². The monoisotopic (exact) mass is 872 g/mol. The van der Waals surface area contributed by atoms with E-state index in [0.717, 1.165) is 67.3 Å². The molecule has 1 heterocycles. The predicted octanol–water partition coefficient (Wildman–Crippen LogP) is 15.6. The first-order valence-corrected chi connectivity index (χ1v) is 24.0. The van der Waals surface area contributed by atoms with E-state index in [1.54, 1.807) is 14.2 Å². The van der Waals surface area contributed by atoms with E-state index in [0.29, 0.717) is 17.2 Å². The smallest absolute Gasteiger partial charge is 0.343 e. The van der Waals surface area contributed by atoms with Gasteiger partial charge in [-0.15, -0.1) is 0 Å². The summed E-state index contributed by atoms with van der Waals surface area (Å²) in [7, 11) is 3.38. The Kier molecular flexibility index (Phi) is 11.6. The molecule has 0 bridgehead atoms. The lowest BCUT2D eigenvalue weighted by Crippen LogP contribution is -2.35. The maximum absolute atomic E-state index is 13.4. The highest BCUT2D eigenvalue weighted by Gasteiger charge is 2.44. The Labute approximate surface area is 390 Å². The fourth-order valence-electron chi connectivity index (χ4n) is 11.2. The first kappa shape index (κ1) is 43.3. The summed E-state index contributed by atoms with van der Waals surface area (Å²) >= 11 is 0. The van der Waals surface area contributed by atoms with Crippen molar-refractivity contribution in [3.63, 3.8) is 0 Å². The zero-order valence-electron chi connectivity index (χ0n) is 39.2. The van der Waals surface area contributed by atoms with Gasteiger partial charge in [-0.1, -0.05) is 131 Å². The SMILES string of the molecule is CCCCCC1CCC(c2ccc(OC(=O)c3ccc(-c4ccc5c(c4)-c4c(c6c(c7cc(C)ccc47)OC(c4ccc(OC)cc4)(c4ccc(OC)cc4)C=C6)C5(C)C)cc3)cc2)CC1. The lowest BCUT2D eigenvalue weighted by molar-refractivity contribution is 0.0734. The number of fused-ring (bicyclic) bond motifs is 8. The van der Waals surface area contributed by atoms with Crippen molar-refractivity contribution in [2.75, 3.05) is 14.2 Å². The lowest BCUT2D eigenvalue weighted by Gasteiger charge is -2.38. The van der Waals surface area contributed by atoms with Crippen LogP contribution in [0.1, 0.15) is 127 Å². The number of rotatable bonds is 12. The number of carbonyl (C=O) groups excluding carboxylic acids is 1. The van der Waals surface area contributed by atoms with Gasteiger partial charge in [-0.2, -0.15) is 0 Å². The molecule has 1 fully saturated rings. The van der Waals surface area contributed by atoms with E-state index < -0.39 is 5.60 Å². The van der Waals surface area contributed by atoms with Gasteiger partial charge in [0.15, 0.2) is 5.60 Å². The summed E-state index contributed by atoms with van der Waals surface area (Å²) in [6, 6.07) is 46.0. The van der Waals surface area contributed by atoms with Crippen molar-refractivity contribution in [2.45, 2.75) is 96.0 Å². The van der Waals surface area contributed by atoms with Crippen LogP contribution in [0.2, 0.25) is 0 Å². The topological polar surface area (TPSA) is 54.0 Å². The Morgan fingerprint density at radius 2 is 1.32 bits per heavy atom. The molecule has 0 unspecified atom stereocenters. The summed E-state index contributed by atoms with van der Waals surface area (Å²) in [6.07, 6.45) is 15.0. The molecule has 0 N–H and O–H groups in total. The molecule has 66 heavy (non-hydrogen) atoms. The zero-order chi connectivity index (χ0) is 45.6. The molecule has 334 valence electrons. The number of unbranched alkanes of at least 4 members (excludes halogenated alkanes) is 2. The normalized spacial score (nSPS) is 17.6. The van der Waals surface area contributed by atoms with E-state index in [1.165, 1.54) is 79.2 Å². The molecule has 10 rings (SSSR count). The van der Waals surface area contributed by atoms with Crippen LogP contribution < -0.4 is 18.9 Å². The maximum Gasteiger partial charge on any atom is 0.343 e. The average Bonchev–Trinajstić information content (AvgIpc) is 3.60. The molecule has 5 heteroatoms. The third-order valence-electron chi connectivity index (χ3n) is 14.9. The van der Waals surface area contributed by atoms with Crippen LogP contribution in [0.3, 0.4) is 0 Å². The quantitative estimate of drug-likeness (QED) is 0.0695. The molecule has 7 aromatic rings. The van der Waals surface area contributed by atoms with E-state index in [4.69, 9.17) is 18.9 Å². The molecule has 0 saturated heterocycles. The van der Waals surface area contributed by atoms with E-state index in [-0.39, 0.29) is 11.4 Å². The van der Waals surface area contributed by atoms with Gasteiger partial charge in [-0.05, 0) is 156 Å². The number of carbonyl (C=O) groups is 1. The number of aryl methyl sites for hydroxylation is 1. The second kappa shape index (κ2) is 17.7. The number of benzene rings is 7. The fourth-order valence-corrected chi connectivity index (χ4v) is 11.2. The minimum absolute atomic E-state index is 0.320. The van der Waals surface area contributed by atoms with E-state index in [2.05, 4.69) is 113 Å². The summed E-state index contributed by atoms with van der Waals surface area (Å²) in [4.78, 5) is 13.4. The summed E-state index contributed by atoms with van der Waals surface area (Å²) in [5.74, 6) is 4.16. The van der Waals surface area contributed by atoms with Crippen molar-refractivity contribution in [1.29, 1.82) is 0 Å². The third-order valence-corrected chi connectivity index (χ3v) is 14.9. The summed E-state index contributed by atoms with van der Waals surface area (Å²) in [5, 5.41) is 2.23. The zero-order valence-corrected chi connectivity index (χ0v) is 39.2. The van der Waals surface area contributed by atoms with Gasteiger partial charge in [-0.25, -0.2) is 4.79 Å². The van der Waals surface area contributed by atoms with Gasteiger partial charge in [0.25, 0.3) is 0 Å². The third kappa shape index (κ3) is 7.76. The summed E-state index contributed by atoms with van der Waals surface area (Å²) in [6.45, 7) is 9.08. The minimum Gasteiger partial charge on any atom is -0.497 e. The molecule has 3 aliphatic rings. The number of hydrogen-bond acceptors (Lipinski definition) is 5. The van der Waals surface area contributed by atoms with Gasteiger partial charge in [0.1, 0.15) is 23.0 Å². The number of esters is 1. The first-order valence-electron chi connectivity index (χ1n) is 24.0. The van der Waals surface area contributed by atoms with Crippen molar-refractivity contribution >= 4 is 22.8 Å². The van der Waals surface area contributed by atoms with Gasteiger partial charge in [-0.3, -0.25) is 0 Å². The van der Waals surface area contributed by atoms with Crippen LogP contribution in [-0.4, -0.2) is 20.2 Å². The molecule has 0 amide bonds. The minimum atomic E-state index is -0.908. The summed E-state index contributed by atoms with van der Waals surface area (Å²) < 4.78 is 24.5. The lowest BCUT2D eigenvalue weighted by atomic mass is 9.76. The molecule has 1 saturated carbocycles. The highest BCUT2D eigenvalue weighted by molar-refractivity contribution is 6.09. The highest BCUT2D eigenvalue weighted by Crippen LogP contribution is 2.59.